The molecule has 0 spiro atoms. The van der Waals surface area contributed by atoms with Gasteiger partial charge in [0.25, 0.3) is 0 Å². The standard InChI is InChI=1S/C17H29NO3/c1-17(2,3)21-16(20)18-10-9-15(19)12-14(18)11-13-7-5-4-6-8-13/h13-14H,4-12H2,1-3H3. The molecule has 1 heterocycles. The van der Waals surface area contributed by atoms with Crippen LogP contribution in [0.5, 0.6) is 0 Å². The molecule has 4 nitrogen and oxygen atoms in total. The van der Waals surface area contributed by atoms with Crippen LogP contribution in [0.1, 0.15) is 72.1 Å². The van der Waals surface area contributed by atoms with Crippen molar-refractivity contribution in [2.24, 2.45) is 5.92 Å². The summed E-state index contributed by atoms with van der Waals surface area (Å²) in [7, 11) is 0. The molecule has 0 aromatic rings. The molecule has 1 unspecified atom stereocenters. The first kappa shape index (κ1) is 16.3. The summed E-state index contributed by atoms with van der Waals surface area (Å²) in [6.45, 7) is 6.17. The third kappa shape index (κ3) is 5.01. The van der Waals surface area contributed by atoms with Crippen LogP contribution in [0.25, 0.3) is 0 Å². The van der Waals surface area contributed by atoms with Gasteiger partial charge in [-0.05, 0) is 33.1 Å². The molecule has 1 amide bonds. The molecule has 21 heavy (non-hydrogen) atoms. The molecule has 2 fully saturated rings. The highest BCUT2D eigenvalue weighted by molar-refractivity contribution is 5.82. The van der Waals surface area contributed by atoms with Gasteiger partial charge in [0.15, 0.2) is 0 Å². The number of carbonyl (C=O) groups is 2. The van der Waals surface area contributed by atoms with E-state index in [1.807, 2.05) is 20.8 Å². The zero-order valence-corrected chi connectivity index (χ0v) is 13.7. The van der Waals surface area contributed by atoms with Crippen molar-refractivity contribution in [3.05, 3.63) is 0 Å². The van der Waals surface area contributed by atoms with E-state index in [9.17, 15) is 9.59 Å². The summed E-state index contributed by atoms with van der Waals surface area (Å²) in [6, 6.07) is 0.0456. The summed E-state index contributed by atoms with van der Waals surface area (Å²) in [6.07, 6.45) is 8.09. The van der Waals surface area contributed by atoms with Crippen molar-refractivity contribution in [1.29, 1.82) is 0 Å². The number of ether oxygens (including phenoxy) is 1. The second kappa shape index (κ2) is 6.80. The van der Waals surface area contributed by atoms with Gasteiger partial charge in [0.05, 0.1) is 0 Å². The first-order chi connectivity index (χ1) is 9.85. The molecule has 1 saturated heterocycles. The van der Waals surface area contributed by atoms with Crippen LogP contribution >= 0.6 is 0 Å². The van der Waals surface area contributed by atoms with Gasteiger partial charge in [0, 0.05) is 25.4 Å². The largest absolute Gasteiger partial charge is 0.444 e. The second-order valence-corrected chi connectivity index (χ2v) is 7.56. The van der Waals surface area contributed by atoms with E-state index in [0.717, 1.165) is 6.42 Å². The number of amides is 1. The van der Waals surface area contributed by atoms with Gasteiger partial charge in [0.2, 0.25) is 0 Å². The number of hydrogen-bond donors (Lipinski definition) is 0. The third-order valence-electron chi connectivity index (χ3n) is 4.49. The summed E-state index contributed by atoms with van der Waals surface area (Å²) >= 11 is 0. The minimum absolute atomic E-state index is 0.0456. The predicted octanol–water partition coefficient (Wildman–Crippen LogP) is 3.93. The minimum atomic E-state index is -0.478. The van der Waals surface area contributed by atoms with Crippen molar-refractivity contribution in [3.8, 4) is 0 Å². The SMILES string of the molecule is CC(C)(C)OC(=O)N1CCC(=O)CC1CC1CCCCC1. The van der Waals surface area contributed by atoms with Crippen molar-refractivity contribution in [2.45, 2.75) is 83.8 Å². The first-order valence-corrected chi connectivity index (χ1v) is 8.36. The van der Waals surface area contributed by atoms with Crippen LogP contribution in [-0.2, 0) is 9.53 Å². The molecule has 1 saturated carbocycles. The van der Waals surface area contributed by atoms with Crippen LogP contribution in [0, 0.1) is 5.92 Å². The van der Waals surface area contributed by atoms with E-state index in [4.69, 9.17) is 4.74 Å². The van der Waals surface area contributed by atoms with E-state index in [1.165, 1.54) is 32.1 Å². The lowest BCUT2D eigenvalue weighted by Gasteiger charge is -2.38. The zero-order valence-electron chi connectivity index (χ0n) is 13.7. The maximum absolute atomic E-state index is 12.4. The Bertz CT molecular complexity index is 380. The number of likely N-dealkylation sites (tertiary alicyclic amines) is 1. The van der Waals surface area contributed by atoms with E-state index in [1.54, 1.807) is 4.90 Å². The van der Waals surface area contributed by atoms with Crippen molar-refractivity contribution in [1.82, 2.24) is 4.90 Å². The highest BCUT2D eigenvalue weighted by Crippen LogP contribution is 2.31. The smallest absolute Gasteiger partial charge is 0.410 e. The highest BCUT2D eigenvalue weighted by Gasteiger charge is 2.34. The van der Waals surface area contributed by atoms with Gasteiger partial charge in [-0.2, -0.15) is 0 Å². The quantitative estimate of drug-likeness (QED) is 0.775. The van der Waals surface area contributed by atoms with Gasteiger partial charge >= 0.3 is 6.09 Å². The Labute approximate surface area is 128 Å². The zero-order chi connectivity index (χ0) is 15.5. The molecule has 1 atom stereocenters. The summed E-state index contributed by atoms with van der Waals surface area (Å²) in [5, 5.41) is 0. The monoisotopic (exact) mass is 295 g/mol. The van der Waals surface area contributed by atoms with E-state index in [2.05, 4.69) is 0 Å². The van der Waals surface area contributed by atoms with E-state index < -0.39 is 5.60 Å². The lowest BCUT2D eigenvalue weighted by atomic mass is 9.82. The lowest BCUT2D eigenvalue weighted by molar-refractivity contribution is -0.123. The van der Waals surface area contributed by atoms with Gasteiger partial charge in [-0.1, -0.05) is 32.1 Å². The van der Waals surface area contributed by atoms with Gasteiger partial charge in [-0.3, -0.25) is 4.79 Å². The molecule has 4 heteroatoms. The molecular formula is C17H29NO3. The first-order valence-electron chi connectivity index (χ1n) is 8.36. The molecule has 120 valence electrons. The summed E-state index contributed by atoms with van der Waals surface area (Å²) in [5.74, 6) is 0.954. The predicted molar refractivity (Wildman–Crippen MR) is 82.2 cm³/mol. The average Bonchev–Trinajstić information content (AvgIpc) is 2.37. The molecular weight excluding hydrogens is 266 g/mol. The van der Waals surface area contributed by atoms with Crippen LogP contribution in [0.15, 0.2) is 0 Å². The van der Waals surface area contributed by atoms with Crippen LogP contribution in [0.2, 0.25) is 0 Å². The van der Waals surface area contributed by atoms with Crippen molar-refractivity contribution < 1.29 is 14.3 Å². The number of rotatable bonds is 2. The maximum Gasteiger partial charge on any atom is 0.410 e. The molecule has 0 radical (unpaired) electrons. The number of carbonyl (C=O) groups excluding carboxylic acids is 2. The van der Waals surface area contributed by atoms with Crippen LogP contribution in [0.3, 0.4) is 0 Å². The van der Waals surface area contributed by atoms with Crippen molar-refractivity contribution in [2.75, 3.05) is 6.54 Å². The second-order valence-electron chi connectivity index (χ2n) is 7.56. The Morgan fingerprint density at radius 3 is 2.52 bits per heavy atom. The average molecular weight is 295 g/mol. The summed E-state index contributed by atoms with van der Waals surface area (Å²) in [5.41, 5.74) is -0.478. The number of nitrogens with zero attached hydrogens (tertiary/aromatic N) is 1. The highest BCUT2D eigenvalue weighted by atomic mass is 16.6. The van der Waals surface area contributed by atoms with E-state index in [-0.39, 0.29) is 17.9 Å². The molecule has 2 rings (SSSR count). The van der Waals surface area contributed by atoms with Crippen molar-refractivity contribution >= 4 is 11.9 Å². The normalized spacial score (nSPS) is 25.0. The molecule has 1 aliphatic carbocycles. The third-order valence-corrected chi connectivity index (χ3v) is 4.49. The maximum atomic E-state index is 12.4. The molecule has 0 N–H and O–H groups in total. The summed E-state index contributed by atoms with van der Waals surface area (Å²) < 4.78 is 5.51. The van der Waals surface area contributed by atoms with Gasteiger partial charge in [-0.25, -0.2) is 4.79 Å². The number of Topliss-reactive ketones (excluding diaryl/α,β-unsaturated/α-hetero) is 1. The molecule has 0 aromatic carbocycles. The minimum Gasteiger partial charge on any atom is -0.444 e. The Hall–Kier alpha value is -1.06. The fourth-order valence-corrected chi connectivity index (χ4v) is 3.48. The Morgan fingerprint density at radius 1 is 1.24 bits per heavy atom. The molecule has 2 aliphatic rings. The fourth-order valence-electron chi connectivity index (χ4n) is 3.48. The van der Waals surface area contributed by atoms with Crippen LogP contribution in [0.4, 0.5) is 4.79 Å². The lowest BCUT2D eigenvalue weighted by Crippen LogP contribution is -2.49. The van der Waals surface area contributed by atoms with Gasteiger partial charge < -0.3 is 9.64 Å². The number of piperidine rings is 1. The Kier molecular flexibility index (Phi) is 5.28. The molecule has 1 aliphatic heterocycles. The summed E-state index contributed by atoms with van der Waals surface area (Å²) in [4.78, 5) is 26.0. The van der Waals surface area contributed by atoms with Gasteiger partial charge in [-0.15, -0.1) is 0 Å². The fraction of sp³-hybridized carbons (Fsp3) is 0.882. The Morgan fingerprint density at radius 2 is 1.90 bits per heavy atom. The van der Waals surface area contributed by atoms with Gasteiger partial charge in [0.1, 0.15) is 11.4 Å². The van der Waals surface area contributed by atoms with Crippen LogP contribution < -0.4 is 0 Å². The van der Waals surface area contributed by atoms with Crippen LogP contribution in [-0.4, -0.2) is 35.0 Å². The van der Waals surface area contributed by atoms with Crippen molar-refractivity contribution in [3.63, 3.8) is 0 Å². The molecule has 0 aromatic heterocycles. The Balaban J connectivity index is 1.98. The number of hydrogen-bond acceptors (Lipinski definition) is 3. The van der Waals surface area contributed by atoms with E-state index in [0.29, 0.717) is 25.3 Å². The van der Waals surface area contributed by atoms with E-state index >= 15 is 0 Å². The molecule has 0 bridgehead atoms. The topological polar surface area (TPSA) is 46.6 Å². The number of ketones is 1.